The van der Waals surface area contributed by atoms with Crippen molar-refractivity contribution in [1.29, 1.82) is 0 Å². The highest BCUT2D eigenvalue weighted by molar-refractivity contribution is 9.09. The highest BCUT2D eigenvalue weighted by Gasteiger charge is 2.19. The molecule has 1 aromatic rings. The van der Waals surface area contributed by atoms with Crippen LogP contribution in [0, 0.1) is 0 Å². The van der Waals surface area contributed by atoms with E-state index in [1.807, 2.05) is 13.8 Å². The van der Waals surface area contributed by atoms with Crippen molar-refractivity contribution in [3.05, 3.63) is 18.1 Å². The number of alkyl halides is 1. The molecule has 0 fully saturated rings. The fourth-order valence-corrected chi connectivity index (χ4v) is 0.933. The summed E-state index contributed by atoms with van der Waals surface area (Å²) in [6.45, 7) is 3.98. The van der Waals surface area contributed by atoms with E-state index in [1.54, 1.807) is 19.4 Å². The second-order valence-corrected chi connectivity index (χ2v) is 4.88. The summed E-state index contributed by atoms with van der Waals surface area (Å²) in [7, 11) is 1.59. The maximum Gasteiger partial charge on any atom is 0.216 e. The Kier molecular flexibility index (Phi) is 2.67. The Morgan fingerprint density at radius 3 is 2.67 bits per heavy atom. The maximum absolute atomic E-state index is 4.98. The minimum absolute atomic E-state index is 0.207. The van der Waals surface area contributed by atoms with Gasteiger partial charge in [0.15, 0.2) is 0 Å². The SMILES string of the molecule is COc1ccnc(C(C)(C)Br)n1. The Balaban J connectivity index is 3.02. The summed E-state index contributed by atoms with van der Waals surface area (Å²) < 4.78 is 4.77. The zero-order valence-electron chi connectivity index (χ0n) is 7.34. The van der Waals surface area contributed by atoms with Gasteiger partial charge in [-0.25, -0.2) is 4.98 Å². The van der Waals surface area contributed by atoms with E-state index in [4.69, 9.17) is 4.74 Å². The van der Waals surface area contributed by atoms with E-state index in [9.17, 15) is 0 Å². The average molecular weight is 231 g/mol. The van der Waals surface area contributed by atoms with Crippen LogP contribution in [0.25, 0.3) is 0 Å². The van der Waals surface area contributed by atoms with E-state index >= 15 is 0 Å². The molecule has 66 valence electrons. The van der Waals surface area contributed by atoms with Crippen molar-refractivity contribution in [2.45, 2.75) is 18.2 Å². The van der Waals surface area contributed by atoms with Crippen LogP contribution in [-0.4, -0.2) is 17.1 Å². The number of hydrogen-bond acceptors (Lipinski definition) is 3. The van der Waals surface area contributed by atoms with Crippen molar-refractivity contribution >= 4 is 15.9 Å². The Morgan fingerprint density at radius 1 is 1.50 bits per heavy atom. The second-order valence-electron chi connectivity index (χ2n) is 2.90. The molecule has 0 radical (unpaired) electrons. The summed E-state index contributed by atoms with van der Waals surface area (Å²) in [6.07, 6.45) is 1.68. The Labute approximate surface area is 80.3 Å². The van der Waals surface area contributed by atoms with E-state index in [-0.39, 0.29) is 4.32 Å². The Bertz CT molecular complexity index is 270. The highest BCUT2D eigenvalue weighted by Crippen LogP contribution is 2.27. The van der Waals surface area contributed by atoms with Gasteiger partial charge in [0.25, 0.3) is 0 Å². The monoisotopic (exact) mass is 230 g/mol. The minimum Gasteiger partial charge on any atom is -0.481 e. The molecule has 0 N–H and O–H groups in total. The van der Waals surface area contributed by atoms with Crippen LogP contribution in [0.1, 0.15) is 19.7 Å². The molecule has 1 heterocycles. The normalized spacial score (nSPS) is 11.3. The number of hydrogen-bond donors (Lipinski definition) is 0. The number of nitrogens with zero attached hydrogens (tertiary/aromatic N) is 2. The predicted molar refractivity (Wildman–Crippen MR) is 50.5 cm³/mol. The molecule has 0 bridgehead atoms. The molecule has 4 heteroatoms. The van der Waals surface area contributed by atoms with Gasteiger partial charge in [0.1, 0.15) is 5.82 Å². The molecule has 0 aliphatic rings. The largest absolute Gasteiger partial charge is 0.481 e. The van der Waals surface area contributed by atoms with Crippen molar-refractivity contribution in [2.75, 3.05) is 7.11 Å². The van der Waals surface area contributed by atoms with Gasteiger partial charge in [-0.1, -0.05) is 15.9 Å². The first-order chi connectivity index (χ1) is 5.54. The molecule has 0 saturated carbocycles. The summed E-state index contributed by atoms with van der Waals surface area (Å²) in [5.74, 6) is 1.31. The van der Waals surface area contributed by atoms with Crippen LogP contribution in [-0.2, 0) is 4.32 Å². The van der Waals surface area contributed by atoms with Crippen molar-refractivity contribution in [1.82, 2.24) is 9.97 Å². The smallest absolute Gasteiger partial charge is 0.216 e. The van der Waals surface area contributed by atoms with Crippen LogP contribution in [0.2, 0.25) is 0 Å². The fourth-order valence-electron chi connectivity index (χ4n) is 0.742. The van der Waals surface area contributed by atoms with Crippen LogP contribution < -0.4 is 4.74 Å². The van der Waals surface area contributed by atoms with Gasteiger partial charge < -0.3 is 4.74 Å². The lowest BCUT2D eigenvalue weighted by Crippen LogP contribution is -2.12. The lowest BCUT2D eigenvalue weighted by molar-refractivity contribution is 0.393. The quantitative estimate of drug-likeness (QED) is 0.731. The first-order valence-electron chi connectivity index (χ1n) is 3.60. The molecule has 0 aliphatic heterocycles. The third-order valence-corrected chi connectivity index (χ3v) is 1.73. The van der Waals surface area contributed by atoms with Gasteiger partial charge in [0.05, 0.1) is 11.4 Å². The maximum atomic E-state index is 4.98. The summed E-state index contributed by atoms with van der Waals surface area (Å²) >= 11 is 3.47. The lowest BCUT2D eigenvalue weighted by Gasteiger charge is -2.13. The first kappa shape index (κ1) is 9.45. The Hall–Kier alpha value is -0.640. The van der Waals surface area contributed by atoms with Crippen LogP contribution in [0.5, 0.6) is 5.88 Å². The molecule has 0 saturated heterocycles. The molecule has 12 heavy (non-hydrogen) atoms. The third kappa shape index (κ3) is 2.17. The van der Waals surface area contributed by atoms with Gasteiger partial charge in [0.2, 0.25) is 5.88 Å². The molecular weight excluding hydrogens is 220 g/mol. The fraction of sp³-hybridized carbons (Fsp3) is 0.500. The number of methoxy groups -OCH3 is 1. The molecule has 1 aromatic heterocycles. The summed E-state index contributed by atoms with van der Waals surface area (Å²) in [6, 6.07) is 1.72. The molecule has 0 spiro atoms. The second kappa shape index (κ2) is 3.39. The zero-order chi connectivity index (χ0) is 9.19. The minimum atomic E-state index is -0.207. The molecule has 0 aromatic carbocycles. The molecular formula is C8H11BrN2O. The van der Waals surface area contributed by atoms with Gasteiger partial charge in [0, 0.05) is 12.3 Å². The van der Waals surface area contributed by atoms with Crippen LogP contribution in [0.4, 0.5) is 0 Å². The number of aromatic nitrogens is 2. The lowest BCUT2D eigenvalue weighted by atomic mass is 10.2. The predicted octanol–water partition coefficient (Wildman–Crippen LogP) is 2.12. The van der Waals surface area contributed by atoms with Crippen molar-refractivity contribution in [3.8, 4) is 5.88 Å². The number of halogens is 1. The molecule has 0 atom stereocenters. The van der Waals surface area contributed by atoms with Crippen LogP contribution >= 0.6 is 15.9 Å². The summed E-state index contributed by atoms with van der Waals surface area (Å²) in [5.41, 5.74) is 0. The molecule has 3 nitrogen and oxygen atoms in total. The number of rotatable bonds is 2. The highest BCUT2D eigenvalue weighted by atomic mass is 79.9. The molecule has 0 unspecified atom stereocenters. The standard InChI is InChI=1S/C8H11BrN2O/c1-8(2,9)7-10-5-4-6(11-7)12-3/h4-5H,1-3H3. The van der Waals surface area contributed by atoms with E-state index in [2.05, 4.69) is 25.9 Å². The van der Waals surface area contributed by atoms with Crippen LogP contribution in [0.3, 0.4) is 0 Å². The number of ether oxygens (including phenoxy) is 1. The van der Waals surface area contributed by atoms with Gasteiger partial charge in [-0.2, -0.15) is 4.98 Å². The van der Waals surface area contributed by atoms with Gasteiger partial charge >= 0.3 is 0 Å². The van der Waals surface area contributed by atoms with Gasteiger partial charge in [-0.3, -0.25) is 0 Å². The topological polar surface area (TPSA) is 35.0 Å². The van der Waals surface area contributed by atoms with Gasteiger partial charge in [-0.15, -0.1) is 0 Å². The van der Waals surface area contributed by atoms with E-state index in [0.717, 1.165) is 5.82 Å². The average Bonchev–Trinajstić information content (AvgIpc) is 2.03. The van der Waals surface area contributed by atoms with Crippen molar-refractivity contribution in [2.24, 2.45) is 0 Å². The zero-order valence-corrected chi connectivity index (χ0v) is 8.92. The molecule has 0 amide bonds. The van der Waals surface area contributed by atoms with Crippen molar-refractivity contribution < 1.29 is 4.74 Å². The van der Waals surface area contributed by atoms with E-state index < -0.39 is 0 Å². The van der Waals surface area contributed by atoms with Crippen molar-refractivity contribution in [3.63, 3.8) is 0 Å². The molecule has 0 aliphatic carbocycles. The third-order valence-electron chi connectivity index (χ3n) is 1.37. The van der Waals surface area contributed by atoms with Crippen LogP contribution in [0.15, 0.2) is 12.3 Å². The summed E-state index contributed by atoms with van der Waals surface area (Å²) in [5, 5.41) is 0. The Morgan fingerprint density at radius 2 is 2.17 bits per heavy atom. The van der Waals surface area contributed by atoms with E-state index in [1.165, 1.54) is 0 Å². The summed E-state index contributed by atoms with van der Waals surface area (Å²) in [4.78, 5) is 8.30. The molecule has 1 rings (SSSR count). The van der Waals surface area contributed by atoms with Gasteiger partial charge in [-0.05, 0) is 13.8 Å². The van der Waals surface area contributed by atoms with E-state index in [0.29, 0.717) is 5.88 Å². The first-order valence-corrected chi connectivity index (χ1v) is 4.40.